The molecule has 0 saturated carbocycles. The molecule has 0 amide bonds. The van der Waals surface area contributed by atoms with Gasteiger partial charge in [0.05, 0.1) is 20.9 Å². The summed E-state index contributed by atoms with van der Waals surface area (Å²) in [4.78, 5) is 21.2. The first-order chi connectivity index (χ1) is 9.97. The average molecular weight is 341 g/mol. The van der Waals surface area contributed by atoms with E-state index >= 15 is 0 Å². The van der Waals surface area contributed by atoms with E-state index in [0.29, 0.717) is 37.6 Å². The number of halogens is 3. The average Bonchev–Trinajstić information content (AvgIpc) is 2.42. The van der Waals surface area contributed by atoms with E-state index in [1.54, 1.807) is 31.2 Å². The lowest BCUT2D eigenvalue weighted by Gasteiger charge is -2.10. The lowest BCUT2D eigenvalue weighted by atomic mass is 10.2. The number of hydrogen-bond acceptors (Lipinski definition) is 3. The Bertz CT molecular complexity index is 904. The van der Waals surface area contributed by atoms with Gasteiger partial charge in [-0.1, -0.05) is 34.8 Å². The molecule has 0 N–H and O–H groups in total. The summed E-state index contributed by atoms with van der Waals surface area (Å²) in [6.45, 7) is 1.71. The number of aromatic nitrogens is 3. The Morgan fingerprint density at radius 2 is 1.86 bits per heavy atom. The Hall–Kier alpha value is -1.62. The summed E-state index contributed by atoms with van der Waals surface area (Å²) in [6.07, 6.45) is 1.47. The van der Waals surface area contributed by atoms with Gasteiger partial charge in [0.2, 0.25) is 0 Å². The highest BCUT2D eigenvalue weighted by Crippen LogP contribution is 2.25. The van der Waals surface area contributed by atoms with Crippen LogP contribution < -0.4 is 5.56 Å². The number of nitrogens with zero attached hydrogens (tertiary/aromatic N) is 3. The van der Waals surface area contributed by atoms with Gasteiger partial charge in [-0.2, -0.15) is 0 Å². The summed E-state index contributed by atoms with van der Waals surface area (Å²) in [5.74, 6) is 0.916. The van der Waals surface area contributed by atoms with Gasteiger partial charge in [0.25, 0.3) is 5.56 Å². The van der Waals surface area contributed by atoms with Crippen molar-refractivity contribution in [1.29, 1.82) is 0 Å². The molecule has 0 unspecified atom stereocenters. The molecule has 0 aliphatic rings. The number of rotatable bonds is 1. The highest BCUT2D eigenvalue weighted by Gasteiger charge is 2.13. The van der Waals surface area contributed by atoms with Crippen molar-refractivity contribution < 1.29 is 0 Å². The minimum absolute atomic E-state index is 0.281. The minimum atomic E-state index is -0.281. The van der Waals surface area contributed by atoms with E-state index in [1.807, 2.05) is 0 Å². The normalized spacial score (nSPS) is 11.0. The fraction of sp³-hybridized carbons (Fsp3) is 0.0714. The number of hydrogen-bond donors (Lipinski definition) is 0. The monoisotopic (exact) mass is 339 g/mol. The van der Waals surface area contributed by atoms with Crippen molar-refractivity contribution in [3.05, 3.63) is 61.7 Å². The first kappa shape index (κ1) is 14.3. The zero-order chi connectivity index (χ0) is 15.1. The summed E-state index contributed by atoms with van der Waals surface area (Å²) in [5.41, 5.74) is 0.144. The summed E-state index contributed by atoms with van der Waals surface area (Å²) in [6, 6.07) is 6.41. The standard InChI is InChI=1S/C14H8Cl3N3O/c1-7-19-13-10(4-9(16)5-11(13)17)14(21)20(7)12-3-2-8(15)6-18-12/h2-6H,1H3. The molecule has 0 saturated heterocycles. The van der Waals surface area contributed by atoms with Gasteiger partial charge in [-0.05, 0) is 31.2 Å². The molecule has 1 aromatic carbocycles. The molecule has 2 heterocycles. The predicted molar refractivity (Wildman–Crippen MR) is 84.9 cm³/mol. The van der Waals surface area contributed by atoms with Crippen LogP contribution in [0.15, 0.2) is 35.3 Å². The Kier molecular flexibility index (Phi) is 3.61. The van der Waals surface area contributed by atoms with Crippen LogP contribution in [0.1, 0.15) is 5.82 Å². The second kappa shape index (κ2) is 5.30. The molecule has 0 spiro atoms. The van der Waals surface area contributed by atoms with E-state index in [0.717, 1.165) is 0 Å². The van der Waals surface area contributed by atoms with Crippen LogP contribution in [0.2, 0.25) is 15.1 Å². The van der Waals surface area contributed by atoms with Gasteiger partial charge in [-0.25, -0.2) is 14.5 Å². The van der Waals surface area contributed by atoms with Crippen LogP contribution in [-0.2, 0) is 0 Å². The molecule has 0 atom stereocenters. The molecule has 0 aliphatic carbocycles. The van der Waals surface area contributed by atoms with Crippen LogP contribution >= 0.6 is 34.8 Å². The topological polar surface area (TPSA) is 47.8 Å². The zero-order valence-electron chi connectivity index (χ0n) is 10.8. The van der Waals surface area contributed by atoms with Crippen molar-refractivity contribution in [3.63, 3.8) is 0 Å². The second-order valence-corrected chi connectivity index (χ2v) is 5.70. The lowest BCUT2D eigenvalue weighted by molar-refractivity contribution is 0.864. The molecule has 0 aliphatic heterocycles. The maximum Gasteiger partial charge on any atom is 0.267 e. The largest absolute Gasteiger partial charge is 0.268 e. The van der Waals surface area contributed by atoms with E-state index in [-0.39, 0.29) is 5.56 Å². The Balaban J connectivity index is 2.39. The number of pyridine rings is 1. The molecule has 0 bridgehead atoms. The van der Waals surface area contributed by atoms with Crippen LogP contribution in [0.3, 0.4) is 0 Å². The second-order valence-electron chi connectivity index (χ2n) is 4.42. The fourth-order valence-electron chi connectivity index (χ4n) is 2.09. The number of aryl methyl sites for hydroxylation is 1. The van der Waals surface area contributed by atoms with Gasteiger partial charge in [0.1, 0.15) is 11.6 Å². The van der Waals surface area contributed by atoms with Crippen LogP contribution in [0, 0.1) is 6.92 Å². The molecular weight excluding hydrogens is 333 g/mol. The highest BCUT2D eigenvalue weighted by molar-refractivity contribution is 6.38. The molecule has 4 nitrogen and oxygen atoms in total. The van der Waals surface area contributed by atoms with E-state index < -0.39 is 0 Å². The van der Waals surface area contributed by atoms with Crippen molar-refractivity contribution >= 4 is 45.7 Å². The molecule has 7 heteroatoms. The van der Waals surface area contributed by atoms with Crippen molar-refractivity contribution in [2.75, 3.05) is 0 Å². The molecule has 2 aromatic heterocycles. The molecule has 0 fully saturated rings. The van der Waals surface area contributed by atoms with E-state index in [9.17, 15) is 4.79 Å². The summed E-state index contributed by atoms with van der Waals surface area (Å²) in [5, 5.41) is 1.55. The molecular formula is C14H8Cl3N3O. The molecule has 3 aromatic rings. The van der Waals surface area contributed by atoms with Gasteiger partial charge < -0.3 is 0 Å². The van der Waals surface area contributed by atoms with Gasteiger partial charge in [-0.3, -0.25) is 4.79 Å². The number of benzene rings is 1. The van der Waals surface area contributed by atoms with Gasteiger partial charge >= 0.3 is 0 Å². The van der Waals surface area contributed by atoms with Gasteiger partial charge in [0.15, 0.2) is 0 Å². The predicted octanol–water partition coefficient (Wildman–Crippen LogP) is 4.05. The Morgan fingerprint density at radius 1 is 1.10 bits per heavy atom. The lowest BCUT2D eigenvalue weighted by Crippen LogP contribution is -2.23. The Morgan fingerprint density at radius 3 is 2.52 bits per heavy atom. The van der Waals surface area contributed by atoms with Crippen molar-refractivity contribution in [1.82, 2.24) is 14.5 Å². The van der Waals surface area contributed by atoms with Crippen LogP contribution in [0.4, 0.5) is 0 Å². The third-order valence-electron chi connectivity index (χ3n) is 3.00. The summed E-state index contributed by atoms with van der Waals surface area (Å²) < 4.78 is 1.39. The molecule has 21 heavy (non-hydrogen) atoms. The van der Waals surface area contributed by atoms with Crippen LogP contribution in [0.25, 0.3) is 16.7 Å². The molecule has 106 valence electrons. The van der Waals surface area contributed by atoms with E-state index in [1.165, 1.54) is 10.8 Å². The van der Waals surface area contributed by atoms with Crippen LogP contribution in [0.5, 0.6) is 0 Å². The SMILES string of the molecule is Cc1nc2c(Cl)cc(Cl)cc2c(=O)n1-c1ccc(Cl)cn1. The third-order valence-corrected chi connectivity index (χ3v) is 3.73. The maximum absolute atomic E-state index is 12.7. The van der Waals surface area contributed by atoms with Crippen molar-refractivity contribution in [2.24, 2.45) is 0 Å². The van der Waals surface area contributed by atoms with E-state index in [4.69, 9.17) is 34.8 Å². The fourth-order valence-corrected chi connectivity index (χ4v) is 2.74. The molecule has 0 radical (unpaired) electrons. The minimum Gasteiger partial charge on any atom is -0.268 e. The van der Waals surface area contributed by atoms with Crippen LogP contribution in [-0.4, -0.2) is 14.5 Å². The summed E-state index contributed by atoms with van der Waals surface area (Å²) in [7, 11) is 0. The first-order valence-electron chi connectivity index (χ1n) is 5.97. The number of fused-ring (bicyclic) bond motifs is 1. The van der Waals surface area contributed by atoms with Gasteiger partial charge in [0, 0.05) is 11.2 Å². The highest BCUT2D eigenvalue weighted by atomic mass is 35.5. The smallest absolute Gasteiger partial charge is 0.267 e. The summed E-state index contributed by atoms with van der Waals surface area (Å²) >= 11 is 17.9. The van der Waals surface area contributed by atoms with Crippen molar-refractivity contribution in [3.8, 4) is 5.82 Å². The maximum atomic E-state index is 12.7. The Labute approximate surface area is 134 Å². The molecule has 3 rings (SSSR count). The van der Waals surface area contributed by atoms with Gasteiger partial charge in [-0.15, -0.1) is 0 Å². The first-order valence-corrected chi connectivity index (χ1v) is 7.11. The van der Waals surface area contributed by atoms with Crippen molar-refractivity contribution in [2.45, 2.75) is 6.92 Å². The van der Waals surface area contributed by atoms with E-state index in [2.05, 4.69) is 9.97 Å². The quantitative estimate of drug-likeness (QED) is 0.671. The third kappa shape index (κ3) is 2.50. The zero-order valence-corrected chi connectivity index (χ0v) is 13.0.